The van der Waals surface area contributed by atoms with Crippen molar-refractivity contribution in [2.24, 2.45) is 11.8 Å². The smallest absolute Gasteiger partial charge is 0.238 e. The van der Waals surface area contributed by atoms with Crippen molar-refractivity contribution in [3.05, 3.63) is 62.7 Å². The molecule has 24 heavy (non-hydrogen) atoms. The lowest BCUT2D eigenvalue weighted by atomic mass is 9.89. The van der Waals surface area contributed by atoms with Gasteiger partial charge in [0.05, 0.1) is 11.6 Å². The number of carbonyl (C=O) groups excluding carboxylic acids is 2. The lowest BCUT2D eigenvalue weighted by Crippen LogP contribution is -2.31. The topological polar surface area (TPSA) is 37.4 Å². The van der Waals surface area contributed by atoms with Crippen LogP contribution in [0.2, 0.25) is 0 Å². The Hall–Kier alpha value is -1.69. The van der Waals surface area contributed by atoms with E-state index in [2.05, 4.69) is 54.6 Å². The minimum atomic E-state index is -0.294. The molecule has 0 bridgehead atoms. The molecule has 2 amide bonds. The van der Waals surface area contributed by atoms with Crippen molar-refractivity contribution in [1.29, 1.82) is 0 Å². The normalized spacial score (nSPS) is 20.8. The van der Waals surface area contributed by atoms with E-state index in [4.69, 9.17) is 0 Å². The highest BCUT2D eigenvalue weighted by atomic mass is 127. The third-order valence-electron chi connectivity index (χ3n) is 4.57. The van der Waals surface area contributed by atoms with E-state index in [1.165, 1.54) is 16.0 Å². The van der Waals surface area contributed by atoms with Gasteiger partial charge in [0.15, 0.2) is 0 Å². The molecule has 2 aromatic rings. The van der Waals surface area contributed by atoms with Crippen molar-refractivity contribution in [3.63, 3.8) is 0 Å². The predicted octanol–water partition coefficient (Wildman–Crippen LogP) is 4.28. The van der Waals surface area contributed by atoms with Crippen molar-refractivity contribution in [2.75, 3.05) is 4.90 Å². The summed E-state index contributed by atoms with van der Waals surface area (Å²) in [6.07, 6.45) is 0.606. The van der Waals surface area contributed by atoms with Crippen molar-refractivity contribution in [1.82, 2.24) is 0 Å². The summed E-state index contributed by atoms with van der Waals surface area (Å²) in [5, 5.41) is 0. The average molecular weight is 433 g/mol. The summed E-state index contributed by atoms with van der Waals surface area (Å²) in [4.78, 5) is 26.9. The first-order valence-electron chi connectivity index (χ1n) is 8.07. The first-order valence-corrected chi connectivity index (χ1v) is 9.15. The molecule has 2 aromatic carbocycles. The van der Waals surface area contributed by atoms with E-state index in [-0.39, 0.29) is 23.7 Å². The average Bonchev–Trinajstić information content (AvgIpc) is 2.71. The number of imide groups is 1. The largest absolute Gasteiger partial charge is 0.274 e. The fraction of sp³-hybridized carbons (Fsp3) is 0.300. The molecule has 124 valence electrons. The van der Waals surface area contributed by atoms with Crippen LogP contribution in [0.15, 0.2) is 42.5 Å². The number of carbonyl (C=O) groups is 2. The maximum Gasteiger partial charge on any atom is 0.238 e. The first kappa shape index (κ1) is 17.1. The quantitative estimate of drug-likeness (QED) is 0.536. The lowest BCUT2D eigenvalue weighted by molar-refractivity contribution is -0.122. The summed E-state index contributed by atoms with van der Waals surface area (Å²) >= 11 is 2.21. The Morgan fingerprint density at radius 3 is 2.12 bits per heavy atom. The van der Waals surface area contributed by atoms with Gasteiger partial charge in [-0.25, -0.2) is 0 Å². The fourth-order valence-corrected chi connectivity index (χ4v) is 3.77. The zero-order chi connectivity index (χ0) is 17.4. The van der Waals surface area contributed by atoms with Gasteiger partial charge in [0.25, 0.3) is 0 Å². The molecule has 1 aliphatic rings. The number of anilines is 1. The van der Waals surface area contributed by atoms with E-state index in [9.17, 15) is 9.59 Å². The molecule has 0 radical (unpaired) electrons. The number of amides is 2. The predicted molar refractivity (Wildman–Crippen MR) is 104 cm³/mol. The van der Waals surface area contributed by atoms with Crippen LogP contribution in [0, 0.1) is 29.3 Å². The third kappa shape index (κ3) is 3.24. The first-order chi connectivity index (χ1) is 11.4. The van der Waals surface area contributed by atoms with Crippen LogP contribution in [0.5, 0.6) is 0 Å². The van der Waals surface area contributed by atoms with E-state index in [1.54, 1.807) is 0 Å². The van der Waals surface area contributed by atoms with Gasteiger partial charge >= 0.3 is 0 Å². The molecule has 4 heteroatoms. The van der Waals surface area contributed by atoms with Crippen molar-refractivity contribution in [2.45, 2.75) is 27.2 Å². The number of nitrogens with zero attached hydrogens (tertiary/aromatic N) is 1. The summed E-state index contributed by atoms with van der Waals surface area (Å²) in [6.45, 7) is 5.97. The lowest BCUT2D eigenvalue weighted by Gasteiger charge is -2.15. The minimum absolute atomic E-state index is 0.0899. The second kappa shape index (κ2) is 6.67. The van der Waals surface area contributed by atoms with Crippen LogP contribution in [0.4, 0.5) is 5.69 Å². The Balaban J connectivity index is 1.88. The van der Waals surface area contributed by atoms with Gasteiger partial charge < -0.3 is 0 Å². The Bertz CT molecular complexity index is 778. The molecule has 0 saturated carbocycles. The standard InChI is InChI=1S/C20H20INO2/c1-12-8-13(2)10-15(9-12)11-18-14(3)19(23)22(20(18)24)17-6-4-16(21)5-7-17/h4-10,14,18H,11H2,1-3H3/t14-,18+/m0/s1. The molecular formula is C20H20INO2. The third-order valence-corrected chi connectivity index (χ3v) is 5.29. The fourth-order valence-electron chi connectivity index (χ4n) is 3.41. The van der Waals surface area contributed by atoms with E-state index >= 15 is 0 Å². The number of hydrogen-bond donors (Lipinski definition) is 0. The summed E-state index contributed by atoms with van der Waals surface area (Å²) in [6, 6.07) is 13.8. The van der Waals surface area contributed by atoms with Crippen LogP contribution in [-0.4, -0.2) is 11.8 Å². The second-order valence-corrected chi connectivity index (χ2v) is 7.83. The van der Waals surface area contributed by atoms with Crippen LogP contribution in [0.3, 0.4) is 0 Å². The summed E-state index contributed by atoms with van der Waals surface area (Å²) in [5.74, 6) is -0.779. The Morgan fingerprint density at radius 1 is 0.958 bits per heavy atom. The van der Waals surface area contributed by atoms with E-state index in [0.717, 1.165) is 9.13 Å². The Morgan fingerprint density at radius 2 is 1.54 bits per heavy atom. The molecular weight excluding hydrogens is 413 g/mol. The maximum absolute atomic E-state index is 12.9. The molecule has 1 aliphatic heterocycles. The van der Waals surface area contributed by atoms with Gasteiger partial charge in [0.1, 0.15) is 0 Å². The number of benzene rings is 2. The number of halogens is 1. The SMILES string of the molecule is Cc1cc(C)cc(C[C@H]2C(=O)N(c3ccc(I)cc3)C(=O)[C@H]2C)c1. The molecule has 1 heterocycles. The van der Waals surface area contributed by atoms with Gasteiger partial charge in [-0.3, -0.25) is 14.5 Å². The number of rotatable bonds is 3. The van der Waals surface area contributed by atoms with E-state index in [0.29, 0.717) is 12.1 Å². The van der Waals surface area contributed by atoms with Gasteiger partial charge in [-0.15, -0.1) is 0 Å². The zero-order valence-corrected chi connectivity index (χ0v) is 16.2. The highest BCUT2D eigenvalue weighted by molar-refractivity contribution is 14.1. The van der Waals surface area contributed by atoms with Crippen molar-refractivity contribution >= 4 is 40.1 Å². The maximum atomic E-state index is 12.9. The highest BCUT2D eigenvalue weighted by Crippen LogP contribution is 2.33. The van der Waals surface area contributed by atoms with Gasteiger partial charge in [-0.1, -0.05) is 36.2 Å². The molecule has 0 aliphatic carbocycles. The number of aryl methyl sites for hydroxylation is 2. The van der Waals surface area contributed by atoms with Crippen LogP contribution >= 0.6 is 22.6 Å². The minimum Gasteiger partial charge on any atom is -0.274 e. The molecule has 0 unspecified atom stereocenters. The monoisotopic (exact) mass is 433 g/mol. The van der Waals surface area contributed by atoms with Crippen LogP contribution < -0.4 is 4.90 Å². The van der Waals surface area contributed by atoms with Crippen LogP contribution in [-0.2, 0) is 16.0 Å². The van der Waals surface area contributed by atoms with Crippen molar-refractivity contribution in [3.8, 4) is 0 Å². The van der Waals surface area contributed by atoms with Gasteiger partial charge in [-0.2, -0.15) is 0 Å². The molecule has 1 saturated heterocycles. The second-order valence-electron chi connectivity index (χ2n) is 6.58. The molecule has 0 aromatic heterocycles. The van der Waals surface area contributed by atoms with E-state index < -0.39 is 0 Å². The van der Waals surface area contributed by atoms with Crippen molar-refractivity contribution < 1.29 is 9.59 Å². The van der Waals surface area contributed by atoms with E-state index in [1.807, 2.05) is 31.2 Å². The molecule has 1 fully saturated rings. The summed E-state index contributed by atoms with van der Waals surface area (Å²) in [7, 11) is 0. The number of hydrogen-bond acceptors (Lipinski definition) is 2. The Kier molecular flexibility index (Phi) is 4.76. The highest BCUT2D eigenvalue weighted by Gasteiger charge is 2.45. The zero-order valence-electron chi connectivity index (χ0n) is 14.0. The summed E-state index contributed by atoms with van der Waals surface area (Å²) in [5.41, 5.74) is 4.16. The van der Waals surface area contributed by atoms with Gasteiger partial charge in [0, 0.05) is 9.49 Å². The van der Waals surface area contributed by atoms with Gasteiger partial charge in [0.2, 0.25) is 11.8 Å². The molecule has 2 atom stereocenters. The Labute approximate surface area is 156 Å². The molecule has 3 nitrogen and oxygen atoms in total. The van der Waals surface area contributed by atoms with Crippen LogP contribution in [0.25, 0.3) is 0 Å². The van der Waals surface area contributed by atoms with Gasteiger partial charge in [-0.05, 0) is 72.7 Å². The molecule has 0 N–H and O–H groups in total. The molecule has 3 rings (SSSR count). The van der Waals surface area contributed by atoms with Crippen LogP contribution in [0.1, 0.15) is 23.6 Å². The summed E-state index contributed by atoms with van der Waals surface area (Å²) < 4.78 is 1.08. The molecule has 0 spiro atoms.